The summed E-state index contributed by atoms with van der Waals surface area (Å²) in [5.41, 5.74) is 7.59. The van der Waals surface area contributed by atoms with E-state index < -0.39 is 0 Å². The van der Waals surface area contributed by atoms with E-state index in [0.717, 1.165) is 10.7 Å². The summed E-state index contributed by atoms with van der Waals surface area (Å²) in [5, 5.41) is 1.79. The van der Waals surface area contributed by atoms with Gasteiger partial charge in [0.25, 0.3) is 0 Å². The molecular weight excluding hydrogens is 504 g/mol. The van der Waals surface area contributed by atoms with Crippen molar-refractivity contribution >= 4 is 43.6 Å². The van der Waals surface area contributed by atoms with Crippen LogP contribution in [0.5, 0.6) is 0 Å². The van der Waals surface area contributed by atoms with Crippen molar-refractivity contribution in [2.75, 3.05) is 0 Å². The largest absolute Gasteiger partial charge is 0.0901 e. The summed E-state index contributed by atoms with van der Waals surface area (Å²) in [6.45, 7) is 0. The van der Waals surface area contributed by atoms with E-state index in [0.29, 0.717) is 0 Å². The predicted molar refractivity (Wildman–Crippen MR) is 133 cm³/mol. The average molecular weight is 524 g/mol. The van der Waals surface area contributed by atoms with Gasteiger partial charge in [0.2, 0.25) is 0 Å². The predicted octanol–water partition coefficient (Wildman–Crippen LogP) is 8.96. The normalized spacial score (nSPS) is 10.8. The zero-order valence-corrected chi connectivity index (χ0v) is 19.8. The standard InChI is InChI=1S/C26H20Br2S/c27-17-19-1-5-21(6-2-19)23-9-13-25(14-10-23)29-26-15-11-24(12-16-26)22-7-3-20(18-28)4-8-22/h1-16H,17-18H2. The van der Waals surface area contributed by atoms with Crippen molar-refractivity contribution in [1.29, 1.82) is 0 Å². The molecular formula is C26H20Br2S. The van der Waals surface area contributed by atoms with Crippen LogP contribution in [0.25, 0.3) is 22.3 Å². The van der Waals surface area contributed by atoms with Crippen LogP contribution in [0, 0.1) is 0 Å². The summed E-state index contributed by atoms with van der Waals surface area (Å²) < 4.78 is 0. The topological polar surface area (TPSA) is 0 Å². The molecule has 0 bridgehead atoms. The number of hydrogen-bond donors (Lipinski definition) is 0. The van der Waals surface area contributed by atoms with Gasteiger partial charge in [0, 0.05) is 20.5 Å². The maximum absolute atomic E-state index is 3.50. The molecule has 144 valence electrons. The Bertz CT molecular complexity index is 963. The zero-order chi connectivity index (χ0) is 20.1. The summed E-state index contributed by atoms with van der Waals surface area (Å²) in [7, 11) is 0. The highest BCUT2D eigenvalue weighted by molar-refractivity contribution is 9.08. The molecule has 0 saturated carbocycles. The van der Waals surface area contributed by atoms with Gasteiger partial charge in [0.05, 0.1) is 0 Å². The molecule has 4 rings (SSSR count). The highest BCUT2D eigenvalue weighted by atomic mass is 79.9. The Labute approximate surface area is 193 Å². The molecule has 0 saturated heterocycles. The van der Waals surface area contributed by atoms with E-state index >= 15 is 0 Å². The van der Waals surface area contributed by atoms with E-state index in [-0.39, 0.29) is 0 Å². The second kappa shape index (κ2) is 9.80. The Morgan fingerprint density at radius 2 is 0.690 bits per heavy atom. The Morgan fingerprint density at radius 3 is 0.966 bits per heavy atom. The number of rotatable bonds is 6. The van der Waals surface area contributed by atoms with Crippen LogP contribution < -0.4 is 0 Å². The molecule has 0 amide bonds. The van der Waals surface area contributed by atoms with Gasteiger partial charge in [0.15, 0.2) is 0 Å². The quantitative estimate of drug-likeness (QED) is 0.227. The maximum Gasteiger partial charge on any atom is 0.0283 e. The van der Waals surface area contributed by atoms with Crippen LogP contribution in [-0.4, -0.2) is 0 Å². The fourth-order valence-corrected chi connectivity index (χ4v) is 4.70. The first-order chi connectivity index (χ1) is 14.2. The first-order valence-electron chi connectivity index (χ1n) is 9.44. The van der Waals surface area contributed by atoms with Gasteiger partial charge in [0.1, 0.15) is 0 Å². The van der Waals surface area contributed by atoms with Gasteiger partial charge in [-0.15, -0.1) is 0 Å². The Balaban J connectivity index is 1.44. The van der Waals surface area contributed by atoms with Crippen molar-refractivity contribution in [2.24, 2.45) is 0 Å². The molecule has 0 radical (unpaired) electrons. The lowest BCUT2D eigenvalue weighted by molar-refractivity contribution is 1.39. The van der Waals surface area contributed by atoms with E-state index in [1.165, 1.54) is 43.2 Å². The average Bonchev–Trinajstić information content (AvgIpc) is 2.80. The number of halogens is 2. The summed E-state index contributed by atoms with van der Waals surface area (Å²) in [4.78, 5) is 2.50. The first kappa shape index (κ1) is 20.5. The van der Waals surface area contributed by atoms with Crippen LogP contribution in [0.1, 0.15) is 11.1 Å². The van der Waals surface area contributed by atoms with Gasteiger partial charge in [-0.2, -0.15) is 0 Å². The number of benzene rings is 4. The van der Waals surface area contributed by atoms with Crippen molar-refractivity contribution in [3.8, 4) is 22.3 Å². The fraction of sp³-hybridized carbons (Fsp3) is 0.0769. The Kier molecular flexibility index (Phi) is 6.91. The Hall–Kier alpha value is -1.81. The molecule has 0 heterocycles. The van der Waals surface area contributed by atoms with Crippen LogP contribution in [0.15, 0.2) is 107 Å². The molecule has 4 aromatic carbocycles. The van der Waals surface area contributed by atoms with Crippen LogP contribution in [0.2, 0.25) is 0 Å². The minimum atomic E-state index is 0.893. The monoisotopic (exact) mass is 522 g/mol. The summed E-state index contributed by atoms with van der Waals surface area (Å²) in [6.07, 6.45) is 0. The van der Waals surface area contributed by atoms with E-state index in [4.69, 9.17) is 0 Å². The second-order valence-electron chi connectivity index (χ2n) is 6.81. The van der Waals surface area contributed by atoms with Crippen LogP contribution in [-0.2, 0) is 10.7 Å². The highest BCUT2D eigenvalue weighted by Gasteiger charge is 2.03. The van der Waals surface area contributed by atoms with Gasteiger partial charge < -0.3 is 0 Å². The highest BCUT2D eigenvalue weighted by Crippen LogP contribution is 2.31. The third-order valence-electron chi connectivity index (χ3n) is 4.83. The smallest absolute Gasteiger partial charge is 0.0283 e. The fourth-order valence-electron chi connectivity index (χ4n) is 3.14. The molecule has 0 aromatic heterocycles. The van der Waals surface area contributed by atoms with Gasteiger partial charge >= 0.3 is 0 Å². The summed E-state index contributed by atoms with van der Waals surface area (Å²) >= 11 is 8.79. The Morgan fingerprint density at radius 1 is 0.414 bits per heavy atom. The second-order valence-corrected chi connectivity index (χ2v) is 9.08. The minimum absolute atomic E-state index is 0.893. The third-order valence-corrected chi connectivity index (χ3v) is 7.14. The minimum Gasteiger partial charge on any atom is -0.0901 e. The molecule has 0 aliphatic rings. The van der Waals surface area contributed by atoms with Gasteiger partial charge in [-0.05, 0) is 57.6 Å². The third kappa shape index (κ3) is 5.22. The molecule has 0 atom stereocenters. The summed E-state index contributed by atoms with van der Waals surface area (Å²) in [6, 6.07) is 35.0. The van der Waals surface area contributed by atoms with Crippen molar-refractivity contribution in [1.82, 2.24) is 0 Å². The first-order valence-corrected chi connectivity index (χ1v) is 12.5. The van der Waals surface area contributed by atoms with E-state index in [1.807, 2.05) is 0 Å². The van der Waals surface area contributed by atoms with Crippen molar-refractivity contribution in [3.63, 3.8) is 0 Å². The molecule has 4 aromatic rings. The van der Waals surface area contributed by atoms with Crippen molar-refractivity contribution in [2.45, 2.75) is 20.5 Å². The maximum atomic E-state index is 3.50. The van der Waals surface area contributed by atoms with Crippen LogP contribution >= 0.6 is 43.6 Å². The molecule has 0 aliphatic carbocycles. The lowest BCUT2D eigenvalue weighted by Gasteiger charge is -2.07. The zero-order valence-electron chi connectivity index (χ0n) is 15.8. The molecule has 3 heteroatoms. The van der Waals surface area contributed by atoms with Crippen LogP contribution in [0.4, 0.5) is 0 Å². The van der Waals surface area contributed by atoms with Gasteiger partial charge in [-0.25, -0.2) is 0 Å². The lowest BCUT2D eigenvalue weighted by atomic mass is 10.0. The molecule has 0 spiro atoms. The van der Waals surface area contributed by atoms with E-state index in [9.17, 15) is 0 Å². The molecule has 29 heavy (non-hydrogen) atoms. The lowest BCUT2D eigenvalue weighted by Crippen LogP contribution is -1.82. The molecule has 0 fully saturated rings. The van der Waals surface area contributed by atoms with E-state index in [1.54, 1.807) is 11.8 Å². The molecule has 0 nitrogen and oxygen atoms in total. The number of hydrogen-bond acceptors (Lipinski definition) is 1. The van der Waals surface area contributed by atoms with Gasteiger partial charge in [-0.3, -0.25) is 0 Å². The van der Waals surface area contributed by atoms with Crippen LogP contribution in [0.3, 0.4) is 0 Å². The van der Waals surface area contributed by atoms with Gasteiger partial charge in [-0.1, -0.05) is 116 Å². The summed E-state index contributed by atoms with van der Waals surface area (Å²) in [5.74, 6) is 0. The SMILES string of the molecule is BrCc1ccc(-c2ccc(Sc3ccc(-c4ccc(CBr)cc4)cc3)cc2)cc1. The number of alkyl halides is 2. The molecule has 0 unspecified atom stereocenters. The van der Waals surface area contributed by atoms with E-state index in [2.05, 4.69) is 129 Å². The molecule has 0 N–H and O–H groups in total. The van der Waals surface area contributed by atoms with Crippen molar-refractivity contribution < 1.29 is 0 Å². The molecule has 0 aliphatic heterocycles. The van der Waals surface area contributed by atoms with Crippen molar-refractivity contribution in [3.05, 3.63) is 108 Å².